The van der Waals surface area contributed by atoms with E-state index < -0.39 is 24.4 Å². The molecule has 1 atom stereocenters. The summed E-state index contributed by atoms with van der Waals surface area (Å²) < 4.78 is 1.15. The maximum atomic E-state index is 11.1. The molecule has 0 bridgehead atoms. The molecule has 0 radical (unpaired) electrons. The van der Waals surface area contributed by atoms with Gasteiger partial charge in [-0.15, -0.1) is 0 Å². The van der Waals surface area contributed by atoms with Crippen LogP contribution < -0.4 is 10.2 Å². The van der Waals surface area contributed by atoms with Crippen LogP contribution in [-0.2, 0) is 9.59 Å². The third-order valence-corrected chi connectivity index (χ3v) is 2.92. The molecule has 20 heavy (non-hydrogen) atoms. The first-order valence-corrected chi connectivity index (χ1v) is 6.01. The lowest BCUT2D eigenvalue weighted by Gasteiger charge is -2.20. The molecule has 6 heteroatoms. The molecule has 1 aromatic heterocycles. The standard InChI is InChI=1S/C14H14N2O4/c1-9-7-11(10-5-3-2-4-6-10)15-16(9)12(14(19)20)8-13(17)18/h2-7,12H,8H2,1H3,(H,17,18)(H,19,20)/p-2/t12-/m1/s1. The lowest BCUT2D eigenvalue weighted by atomic mass is 10.1. The first kappa shape index (κ1) is 13.8. The van der Waals surface area contributed by atoms with Crippen LogP contribution in [0.3, 0.4) is 0 Å². The summed E-state index contributed by atoms with van der Waals surface area (Å²) in [5, 5.41) is 25.9. The van der Waals surface area contributed by atoms with Crippen molar-refractivity contribution >= 4 is 11.9 Å². The van der Waals surface area contributed by atoms with Crippen molar-refractivity contribution < 1.29 is 19.8 Å². The van der Waals surface area contributed by atoms with Gasteiger partial charge in [-0.2, -0.15) is 5.10 Å². The van der Waals surface area contributed by atoms with Crippen LogP contribution in [0.25, 0.3) is 11.3 Å². The topological polar surface area (TPSA) is 98.1 Å². The molecule has 6 nitrogen and oxygen atoms in total. The minimum absolute atomic E-state index is 0.541. The van der Waals surface area contributed by atoms with Gasteiger partial charge in [0.15, 0.2) is 0 Å². The van der Waals surface area contributed by atoms with Gasteiger partial charge in [0.25, 0.3) is 0 Å². The number of aliphatic carboxylic acids is 2. The Kier molecular flexibility index (Phi) is 3.84. The van der Waals surface area contributed by atoms with Gasteiger partial charge in [0.2, 0.25) is 0 Å². The Hall–Kier alpha value is -2.63. The minimum Gasteiger partial charge on any atom is -0.550 e. The second-order valence-electron chi connectivity index (χ2n) is 4.39. The third kappa shape index (κ3) is 2.85. The van der Waals surface area contributed by atoms with Crippen molar-refractivity contribution in [2.45, 2.75) is 19.4 Å². The zero-order valence-corrected chi connectivity index (χ0v) is 10.8. The fourth-order valence-electron chi connectivity index (χ4n) is 1.98. The van der Waals surface area contributed by atoms with E-state index in [-0.39, 0.29) is 0 Å². The van der Waals surface area contributed by atoms with E-state index in [4.69, 9.17) is 0 Å². The van der Waals surface area contributed by atoms with Gasteiger partial charge in [-0.3, -0.25) is 4.68 Å². The Balaban J connectivity index is 2.40. The van der Waals surface area contributed by atoms with Gasteiger partial charge in [0, 0.05) is 23.6 Å². The Labute approximate surface area is 115 Å². The lowest BCUT2D eigenvalue weighted by molar-refractivity contribution is -0.319. The van der Waals surface area contributed by atoms with Gasteiger partial charge in [-0.05, 0) is 13.0 Å². The van der Waals surface area contributed by atoms with Crippen LogP contribution in [0.15, 0.2) is 36.4 Å². The highest BCUT2D eigenvalue weighted by Gasteiger charge is 2.17. The van der Waals surface area contributed by atoms with Crippen molar-refractivity contribution in [2.24, 2.45) is 0 Å². The van der Waals surface area contributed by atoms with Gasteiger partial charge in [-0.1, -0.05) is 30.3 Å². The van der Waals surface area contributed by atoms with Crippen molar-refractivity contribution in [3.63, 3.8) is 0 Å². The molecule has 0 aliphatic carbocycles. The number of hydrogen-bond donors (Lipinski definition) is 0. The Morgan fingerprint density at radius 1 is 1.25 bits per heavy atom. The number of aryl methyl sites for hydroxylation is 1. The van der Waals surface area contributed by atoms with Crippen LogP contribution in [0.1, 0.15) is 18.2 Å². The van der Waals surface area contributed by atoms with Crippen molar-refractivity contribution in [2.75, 3.05) is 0 Å². The molecule has 0 aliphatic rings. The fourth-order valence-corrected chi connectivity index (χ4v) is 1.98. The van der Waals surface area contributed by atoms with Crippen LogP contribution in [0.4, 0.5) is 0 Å². The number of benzene rings is 1. The largest absolute Gasteiger partial charge is 0.550 e. The van der Waals surface area contributed by atoms with Crippen molar-refractivity contribution in [3.8, 4) is 11.3 Å². The van der Waals surface area contributed by atoms with Crippen LogP contribution >= 0.6 is 0 Å². The first-order chi connectivity index (χ1) is 9.49. The summed E-state index contributed by atoms with van der Waals surface area (Å²) in [6, 6.07) is 9.51. The van der Waals surface area contributed by atoms with E-state index in [1.165, 1.54) is 0 Å². The maximum Gasteiger partial charge on any atom is 0.0967 e. The number of hydrogen-bond acceptors (Lipinski definition) is 5. The fraction of sp³-hybridized carbons (Fsp3) is 0.214. The van der Waals surface area contributed by atoms with E-state index in [0.717, 1.165) is 10.2 Å². The number of rotatable bonds is 5. The quantitative estimate of drug-likeness (QED) is 0.716. The zero-order valence-electron chi connectivity index (χ0n) is 10.8. The summed E-state index contributed by atoms with van der Waals surface area (Å²) in [5.74, 6) is -2.96. The summed E-state index contributed by atoms with van der Waals surface area (Å²) in [6.07, 6.45) is -0.681. The van der Waals surface area contributed by atoms with Gasteiger partial charge in [0.1, 0.15) is 0 Å². The van der Waals surface area contributed by atoms with Crippen LogP contribution in [0.2, 0.25) is 0 Å². The monoisotopic (exact) mass is 272 g/mol. The average Bonchev–Trinajstić information content (AvgIpc) is 2.78. The summed E-state index contributed by atoms with van der Waals surface area (Å²) >= 11 is 0. The molecule has 0 amide bonds. The number of nitrogens with zero attached hydrogens (tertiary/aromatic N) is 2. The third-order valence-electron chi connectivity index (χ3n) is 2.92. The lowest BCUT2D eigenvalue weighted by Crippen LogP contribution is -2.38. The Morgan fingerprint density at radius 2 is 1.90 bits per heavy atom. The molecule has 2 rings (SSSR count). The smallest absolute Gasteiger partial charge is 0.0967 e. The Morgan fingerprint density at radius 3 is 2.45 bits per heavy atom. The predicted octanol–water partition coefficient (Wildman–Crippen LogP) is -0.710. The molecule has 0 saturated heterocycles. The van der Waals surface area contributed by atoms with E-state index in [1.54, 1.807) is 13.0 Å². The molecule has 0 aliphatic heterocycles. The van der Waals surface area contributed by atoms with E-state index in [2.05, 4.69) is 5.10 Å². The second-order valence-corrected chi connectivity index (χ2v) is 4.39. The first-order valence-electron chi connectivity index (χ1n) is 6.01. The van der Waals surface area contributed by atoms with Crippen molar-refractivity contribution in [1.29, 1.82) is 0 Å². The number of aromatic nitrogens is 2. The molecule has 0 unspecified atom stereocenters. The molecular weight excluding hydrogens is 260 g/mol. The second kappa shape index (κ2) is 5.56. The number of carboxylic acid groups (broad SMARTS) is 2. The van der Waals surface area contributed by atoms with Gasteiger partial charge < -0.3 is 19.8 Å². The molecule has 0 spiro atoms. The summed E-state index contributed by atoms with van der Waals surface area (Å²) in [4.78, 5) is 21.7. The van der Waals surface area contributed by atoms with E-state index in [0.29, 0.717) is 11.4 Å². The molecule has 0 N–H and O–H groups in total. The summed E-state index contributed by atoms with van der Waals surface area (Å²) in [5.41, 5.74) is 1.94. The molecule has 0 fully saturated rings. The average molecular weight is 272 g/mol. The van der Waals surface area contributed by atoms with E-state index in [9.17, 15) is 19.8 Å². The number of carbonyl (C=O) groups excluding carboxylic acids is 2. The van der Waals surface area contributed by atoms with Gasteiger partial charge in [0.05, 0.1) is 17.7 Å². The highest BCUT2D eigenvalue weighted by molar-refractivity contribution is 5.77. The molecular formula is C14H12N2O4-2. The Bertz CT molecular complexity index is 634. The van der Waals surface area contributed by atoms with Gasteiger partial charge >= 0.3 is 0 Å². The molecule has 1 heterocycles. The number of carbonyl (C=O) groups is 2. The van der Waals surface area contributed by atoms with Crippen LogP contribution in [-0.4, -0.2) is 21.7 Å². The molecule has 104 valence electrons. The molecule has 0 saturated carbocycles. The zero-order chi connectivity index (χ0) is 14.7. The van der Waals surface area contributed by atoms with Gasteiger partial charge in [-0.25, -0.2) is 0 Å². The van der Waals surface area contributed by atoms with Crippen molar-refractivity contribution in [3.05, 3.63) is 42.1 Å². The van der Waals surface area contributed by atoms with Crippen molar-refractivity contribution in [1.82, 2.24) is 9.78 Å². The van der Waals surface area contributed by atoms with E-state index >= 15 is 0 Å². The minimum atomic E-state index is -1.50. The number of carboxylic acids is 2. The molecule has 2 aromatic rings. The highest BCUT2D eigenvalue weighted by Crippen LogP contribution is 2.21. The summed E-state index contributed by atoms with van der Waals surface area (Å²) in [7, 11) is 0. The van der Waals surface area contributed by atoms with Crippen LogP contribution in [0, 0.1) is 6.92 Å². The van der Waals surface area contributed by atoms with Crippen LogP contribution in [0.5, 0.6) is 0 Å². The SMILES string of the molecule is Cc1cc(-c2ccccc2)nn1[C@H](CC(=O)[O-])C(=O)[O-]. The summed E-state index contributed by atoms with van der Waals surface area (Å²) in [6.45, 7) is 1.66. The molecule has 1 aromatic carbocycles. The highest BCUT2D eigenvalue weighted by atomic mass is 16.4. The predicted molar refractivity (Wildman–Crippen MR) is 66.1 cm³/mol. The van der Waals surface area contributed by atoms with E-state index in [1.807, 2.05) is 30.3 Å². The normalized spacial score (nSPS) is 12.1. The maximum absolute atomic E-state index is 11.1.